The van der Waals surface area contributed by atoms with Crippen LogP contribution in [0, 0.1) is 6.92 Å². The topological polar surface area (TPSA) is 81.5 Å². The minimum atomic E-state index is -0.222. The second-order valence-corrected chi connectivity index (χ2v) is 9.58. The molecule has 1 N–H and O–H groups in total. The average molecular weight is 484 g/mol. The van der Waals surface area contributed by atoms with Crippen LogP contribution in [-0.4, -0.2) is 64.8 Å². The maximum absolute atomic E-state index is 13.1. The third-order valence-electron chi connectivity index (χ3n) is 6.54. The molecule has 0 aliphatic carbocycles. The summed E-state index contributed by atoms with van der Waals surface area (Å²) in [6.45, 7) is 5.02. The monoisotopic (exact) mass is 483 g/mol. The molecule has 2 atom stereocenters. The molecule has 2 saturated heterocycles. The number of amides is 1. The van der Waals surface area contributed by atoms with E-state index in [9.17, 15) is 4.79 Å². The van der Waals surface area contributed by atoms with Gasteiger partial charge in [-0.3, -0.25) is 15.1 Å². The van der Waals surface area contributed by atoms with Gasteiger partial charge in [-0.15, -0.1) is 0 Å². The highest BCUT2D eigenvalue weighted by atomic mass is 35.5. The standard InChI is InChI=1S/C25H30ClN5O3/c1-16-13-17(8-10-27-16)24(32)29-25-28-20-6-7-21(34-19-9-12-33-15-19)22(26)23(20)31(25)18-5-3-4-11-30(2)14-18/h6-8,10,13,18-19H,3-5,9,11-12,14-15H2,1-2H3,(H,28,29,32). The summed E-state index contributed by atoms with van der Waals surface area (Å²) in [6, 6.07) is 7.36. The summed E-state index contributed by atoms with van der Waals surface area (Å²) in [5.74, 6) is 0.896. The molecule has 2 aliphatic rings. The molecule has 0 saturated carbocycles. The van der Waals surface area contributed by atoms with Crippen LogP contribution in [0.15, 0.2) is 30.5 Å². The first-order valence-corrected chi connectivity index (χ1v) is 12.2. The van der Waals surface area contributed by atoms with E-state index in [0.717, 1.165) is 55.5 Å². The van der Waals surface area contributed by atoms with E-state index in [-0.39, 0.29) is 18.1 Å². The van der Waals surface area contributed by atoms with Crippen molar-refractivity contribution in [2.24, 2.45) is 0 Å². The van der Waals surface area contributed by atoms with Gasteiger partial charge in [-0.25, -0.2) is 4.98 Å². The van der Waals surface area contributed by atoms with Crippen LogP contribution in [0.5, 0.6) is 5.75 Å². The minimum absolute atomic E-state index is 0.00978. The number of benzene rings is 1. The number of rotatable bonds is 5. The molecule has 0 bridgehead atoms. The van der Waals surface area contributed by atoms with Crippen molar-refractivity contribution >= 4 is 34.5 Å². The van der Waals surface area contributed by atoms with Crippen molar-refractivity contribution < 1.29 is 14.3 Å². The molecule has 180 valence electrons. The zero-order valence-corrected chi connectivity index (χ0v) is 20.3. The van der Waals surface area contributed by atoms with Gasteiger partial charge in [0.1, 0.15) is 16.9 Å². The van der Waals surface area contributed by atoms with Gasteiger partial charge in [-0.05, 0) is 57.6 Å². The van der Waals surface area contributed by atoms with Gasteiger partial charge in [-0.2, -0.15) is 0 Å². The van der Waals surface area contributed by atoms with Gasteiger partial charge in [-0.1, -0.05) is 18.0 Å². The Balaban J connectivity index is 1.57. The number of aryl methyl sites for hydroxylation is 1. The summed E-state index contributed by atoms with van der Waals surface area (Å²) in [5, 5.41) is 3.56. The Morgan fingerprint density at radius 2 is 2.15 bits per heavy atom. The quantitative estimate of drug-likeness (QED) is 0.576. The van der Waals surface area contributed by atoms with Crippen LogP contribution in [0.2, 0.25) is 5.02 Å². The Labute approximate surface area is 204 Å². The fourth-order valence-corrected chi connectivity index (χ4v) is 5.12. The lowest BCUT2D eigenvalue weighted by Crippen LogP contribution is -2.27. The molecular weight excluding hydrogens is 454 g/mol. The number of imidazole rings is 1. The summed E-state index contributed by atoms with van der Waals surface area (Å²) in [6.07, 6.45) is 5.68. The highest BCUT2D eigenvalue weighted by Crippen LogP contribution is 2.39. The number of pyridine rings is 1. The molecule has 2 aromatic heterocycles. The lowest BCUT2D eigenvalue weighted by atomic mass is 10.1. The van der Waals surface area contributed by atoms with Crippen molar-refractivity contribution in [1.82, 2.24) is 19.4 Å². The van der Waals surface area contributed by atoms with E-state index < -0.39 is 0 Å². The molecule has 1 aromatic carbocycles. The number of likely N-dealkylation sites (tertiary alicyclic amines) is 1. The molecule has 1 amide bonds. The van der Waals surface area contributed by atoms with Crippen LogP contribution in [0.4, 0.5) is 5.95 Å². The van der Waals surface area contributed by atoms with E-state index in [2.05, 4.69) is 26.8 Å². The number of anilines is 1. The molecule has 8 nitrogen and oxygen atoms in total. The number of carbonyl (C=O) groups excluding carboxylic acids is 1. The molecule has 2 unspecified atom stereocenters. The molecule has 0 radical (unpaired) electrons. The average Bonchev–Trinajstić information content (AvgIpc) is 3.40. The summed E-state index contributed by atoms with van der Waals surface area (Å²) >= 11 is 6.95. The summed E-state index contributed by atoms with van der Waals surface area (Å²) in [4.78, 5) is 24.4. The van der Waals surface area contributed by atoms with E-state index in [1.165, 1.54) is 0 Å². The SMILES string of the molecule is Cc1cc(C(=O)Nc2nc3ccc(OC4CCOC4)c(Cl)c3n2C2CCCCN(C)C2)ccn1. The molecule has 2 fully saturated rings. The largest absolute Gasteiger partial charge is 0.486 e. The predicted molar refractivity (Wildman–Crippen MR) is 132 cm³/mol. The number of ether oxygens (including phenoxy) is 2. The van der Waals surface area contributed by atoms with Crippen LogP contribution in [0.1, 0.15) is 47.8 Å². The number of hydrogen-bond donors (Lipinski definition) is 1. The van der Waals surface area contributed by atoms with Crippen molar-refractivity contribution in [2.45, 2.75) is 44.8 Å². The zero-order chi connectivity index (χ0) is 23.7. The Morgan fingerprint density at radius 1 is 1.26 bits per heavy atom. The molecule has 3 aromatic rings. The van der Waals surface area contributed by atoms with Crippen LogP contribution in [0.25, 0.3) is 11.0 Å². The minimum Gasteiger partial charge on any atom is -0.486 e. The van der Waals surface area contributed by atoms with Gasteiger partial charge in [0.25, 0.3) is 5.91 Å². The van der Waals surface area contributed by atoms with Crippen LogP contribution in [-0.2, 0) is 4.74 Å². The van der Waals surface area contributed by atoms with E-state index in [0.29, 0.717) is 35.5 Å². The van der Waals surface area contributed by atoms with E-state index in [4.69, 9.17) is 26.1 Å². The molecule has 34 heavy (non-hydrogen) atoms. The van der Waals surface area contributed by atoms with E-state index in [1.54, 1.807) is 18.3 Å². The van der Waals surface area contributed by atoms with Gasteiger partial charge in [0.15, 0.2) is 0 Å². The Kier molecular flexibility index (Phi) is 6.72. The van der Waals surface area contributed by atoms with Crippen molar-refractivity contribution in [3.05, 3.63) is 46.7 Å². The Bertz CT molecular complexity index is 1190. The lowest BCUT2D eigenvalue weighted by molar-refractivity contribution is 0.102. The highest BCUT2D eigenvalue weighted by Gasteiger charge is 2.27. The first kappa shape index (κ1) is 23.1. The van der Waals surface area contributed by atoms with Crippen LogP contribution < -0.4 is 10.1 Å². The number of fused-ring (bicyclic) bond motifs is 1. The third kappa shape index (κ3) is 4.76. The van der Waals surface area contributed by atoms with Crippen molar-refractivity contribution in [1.29, 1.82) is 0 Å². The number of nitrogens with one attached hydrogen (secondary N) is 1. The van der Waals surface area contributed by atoms with Gasteiger partial charge < -0.3 is 18.9 Å². The number of hydrogen-bond acceptors (Lipinski definition) is 6. The van der Waals surface area contributed by atoms with E-state index in [1.807, 2.05) is 19.1 Å². The second-order valence-electron chi connectivity index (χ2n) is 9.21. The third-order valence-corrected chi connectivity index (χ3v) is 6.90. The first-order valence-electron chi connectivity index (χ1n) is 11.9. The molecule has 4 heterocycles. The van der Waals surface area contributed by atoms with Gasteiger partial charge in [0, 0.05) is 36.5 Å². The second kappa shape index (κ2) is 9.90. The van der Waals surface area contributed by atoms with Gasteiger partial charge in [0.2, 0.25) is 5.95 Å². The van der Waals surface area contributed by atoms with Crippen LogP contribution in [0.3, 0.4) is 0 Å². The fourth-order valence-electron chi connectivity index (χ4n) is 4.82. The number of likely N-dealkylation sites (N-methyl/N-ethyl adjacent to an activating group) is 1. The summed E-state index contributed by atoms with van der Waals surface area (Å²) in [5.41, 5.74) is 2.85. The number of halogens is 1. The molecular formula is C25H30ClN5O3. The zero-order valence-electron chi connectivity index (χ0n) is 19.6. The molecule has 0 spiro atoms. The number of aromatic nitrogens is 3. The van der Waals surface area contributed by atoms with E-state index >= 15 is 0 Å². The van der Waals surface area contributed by atoms with Crippen molar-refractivity contribution in [3.8, 4) is 5.75 Å². The summed E-state index contributed by atoms with van der Waals surface area (Å²) in [7, 11) is 2.13. The normalized spacial score (nSPS) is 21.5. The van der Waals surface area contributed by atoms with Gasteiger partial charge >= 0.3 is 0 Å². The predicted octanol–water partition coefficient (Wildman–Crippen LogP) is 4.47. The number of nitrogens with zero attached hydrogens (tertiary/aromatic N) is 4. The number of carbonyl (C=O) groups is 1. The molecule has 9 heteroatoms. The van der Waals surface area contributed by atoms with Crippen molar-refractivity contribution in [2.75, 3.05) is 38.7 Å². The first-order chi connectivity index (χ1) is 16.5. The smallest absolute Gasteiger partial charge is 0.258 e. The summed E-state index contributed by atoms with van der Waals surface area (Å²) < 4.78 is 13.7. The highest BCUT2D eigenvalue weighted by molar-refractivity contribution is 6.36. The lowest BCUT2D eigenvalue weighted by Gasteiger charge is -2.24. The Hall–Kier alpha value is -2.68. The molecule has 5 rings (SSSR count). The van der Waals surface area contributed by atoms with Crippen LogP contribution >= 0.6 is 11.6 Å². The van der Waals surface area contributed by atoms with Gasteiger partial charge in [0.05, 0.1) is 24.2 Å². The Morgan fingerprint density at radius 3 is 2.94 bits per heavy atom. The fraction of sp³-hybridized carbons (Fsp3) is 0.480. The maximum atomic E-state index is 13.1. The molecule has 2 aliphatic heterocycles. The maximum Gasteiger partial charge on any atom is 0.258 e. The van der Waals surface area contributed by atoms with Crippen molar-refractivity contribution in [3.63, 3.8) is 0 Å².